The Morgan fingerprint density at radius 3 is 1.73 bits per heavy atom. The van der Waals surface area contributed by atoms with Gasteiger partial charge in [-0.05, 0) is 18.6 Å². The van der Waals surface area contributed by atoms with Gasteiger partial charge in [-0.3, -0.25) is 0 Å². The topological polar surface area (TPSA) is 205 Å². The number of hydrogen-bond donors (Lipinski definition) is 8. The second-order valence-corrected chi connectivity index (χ2v) is 5.08. The second-order valence-electron chi connectivity index (χ2n) is 5.08. The lowest BCUT2D eigenvalue weighted by Gasteiger charge is -2.16. The minimum atomic E-state index is -1.90. The summed E-state index contributed by atoms with van der Waals surface area (Å²) in [5.74, 6) is -12.9. The van der Waals surface area contributed by atoms with Gasteiger partial charge in [-0.2, -0.15) is 0 Å². The number of aromatic hydroxyl groups is 6. The summed E-state index contributed by atoms with van der Waals surface area (Å²) in [5.41, 5.74) is -1.95. The van der Waals surface area contributed by atoms with Crippen molar-refractivity contribution in [3.05, 3.63) is 22.8 Å². The van der Waals surface area contributed by atoms with Gasteiger partial charge in [0.25, 0.3) is 0 Å². The number of ether oxygens (including phenoxy) is 1. The Kier molecular flexibility index (Phi) is 4.32. The van der Waals surface area contributed by atoms with E-state index in [2.05, 4.69) is 0 Å². The van der Waals surface area contributed by atoms with E-state index >= 15 is 0 Å². The standard InChI is InChI=1S/C15H12O11/c1-3-2-4(16)12(8(18)5(3)14(22)23)26-13-9(19)6(15(24)25)7(17)10(20)11(13)21/h2,16-21H,1H3,(H,22,23)(H,24,25). The summed E-state index contributed by atoms with van der Waals surface area (Å²) in [6.07, 6.45) is 0. The van der Waals surface area contributed by atoms with Crippen molar-refractivity contribution in [2.24, 2.45) is 0 Å². The van der Waals surface area contributed by atoms with Gasteiger partial charge in [0.1, 0.15) is 5.56 Å². The maximum atomic E-state index is 11.2. The monoisotopic (exact) mass is 368 g/mol. The summed E-state index contributed by atoms with van der Waals surface area (Å²) < 4.78 is 4.88. The molecule has 2 aromatic rings. The maximum absolute atomic E-state index is 11.2. The normalized spacial score (nSPS) is 10.5. The van der Waals surface area contributed by atoms with Gasteiger partial charge in [0.05, 0.1) is 0 Å². The fourth-order valence-electron chi connectivity index (χ4n) is 2.21. The van der Waals surface area contributed by atoms with Gasteiger partial charge >= 0.3 is 11.9 Å². The number of rotatable bonds is 4. The van der Waals surface area contributed by atoms with Crippen molar-refractivity contribution < 1.29 is 55.2 Å². The molecule has 0 heterocycles. The number of benzene rings is 2. The van der Waals surface area contributed by atoms with E-state index in [1.165, 1.54) is 6.92 Å². The summed E-state index contributed by atoms with van der Waals surface area (Å²) >= 11 is 0. The molecule has 0 unspecified atom stereocenters. The lowest BCUT2D eigenvalue weighted by atomic mass is 10.1. The van der Waals surface area contributed by atoms with Gasteiger partial charge in [-0.15, -0.1) is 0 Å². The van der Waals surface area contributed by atoms with Crippen LogP contribution in [0.4, 0.5) is 0 Å². The Hall–Kier alpha value is -4.02. The molecular formula is C15H12O11. The van der Waals surface area contributed by atoms with E-state index in [-0.39, 0.29) is 5.56 Å². The number of carboxylic acid groups (broad SMARTS) is 2. The molecule has 0 aliphatic carbocycles. The van der Waals surface area contributed by atoms with Crippen molar-refractivity contribution in [3.63, 3.8) is 0 Å². The van der Waals surface area contributed by atoms with Crippen LogP contribution in [0.1, 0.15) is 26.3 Å². The predicted molar refractivity (Wildman–Crippen MR) is 81.6 cm³/mol. The average molecular weight is 368 g/mol. The van der Waals surface area contributed by atoms with E-state index in [0.29, 0.717) is 0 Å². The predicted octanol–water partition coefficient (Wildman–Crippen LogP) is 1.42. The highest BCUT2D eigenvalue weighted by Gasteiger charge is 2.31. The van der Waals surface area contributed by atoms with Crippen LogP contribution < -0.4 is 4.74 Å². The van der Waals surface area contributed by atoms with Crippen molar-refractivity contribution >= 4 is 11.9 Å². The van der Waals surface area contributed by atoms with Crippen molar-refractivity contribution in [1.82, 2.24) is 0 Å². The third-order valence-electron chi connectivity index (χ3n) is 3.42. The van der Waals surface area contributed by atoms with Crippen LogP contribution in [0.15, 0.2) is 6.07 Å². The van der Waals surface area contributed by atoms with E-state index in [0.717, 1.165) is 6.07 Å². The van der Waals surface area contributed by atoms with Crippen LogP contribution in [0.25, 0.3) is 0 Å². The molecule has 0 atom stereocenters. The number of aromatic carboxylic acids is 2. The van der Waals surface area contributed by atoms with E-state index in [4.69, 9.17) is 14.9 Å². The molecule has 0 saturated heterocycles. The zero-order valence-electron chi connectivity index (χ0n) is 12.9. The summed E-state index contributed by atoms with van der Waals surface area (Å²) in [6.45, 7) is 1.26. The average Bonchev–Trinajstić information content (AvgIpc) is 2.51. The molecule has 0 fully saturated rings. The first-order chi connectivity index (χ1) is 12.0. The first-order valence-corrected chi connectivity index (χ1v) is 6.68. The van der Waals surface area contributed by atoms with E-state index < -0.39 is 69.1 Å². The Bertz CT molecular complexity index is 946. The molecule has 0 spiro atoms. The number of phenolic OH excluding ortho intramolecular Hbond substituents is 3. The highest BCUT2D eigenvalue weighted by atomic mass is 16.5. The first-order valence-electron chi connectivity index (χ1n) is 6.68. The summed E-state index contributed by atoms with van der Waals surface area (Å²) in [6, 6.07) is 0.894. The summed E-state index contributed by atoms with van der Waals surface area (Å²) in [4.78, 5) is 22.3. The molecule has 0 bridgehead atoms. The summed E-state index contributed by atoms with van der Waals surface area (Å²) in [7, 11) is 0. The lowest BCUT2D eigenvalue weighted by molar-refractivity contribution is 0.0679. The molecule has 2 aromatic carbocycles. The van der Waals surface area contributed by atoms with E-state index in [1.807, 2.05) is 0 Å². The van der Waals surface area contributed by atoms with E-state index in [9.17, 15) is 40.2 Å². The molecule has 0 aliphatic heterocycles. The maximum Gasteiger partial charge on any atom is 0.343 e. The Morgan fingerprint density at radius 2 is 1.23 bits per heavy atom. The van der Waals surface area contributed by atoms with Gasteiger partial charge in [0.15, 0.2) is 28.6 Å². The fourth-order valence-corrected chi connectivity index (χ4v) is 2.21. The third-order valence-corrected chi connectivity index (χ3v) is 3.42. The molecule has 8 N–H and O–H groups in total. The Morgan fingerprint density at radius 1 is 0.731 bits per heavy atom. The van der Waals surface area contributed by atoms with Crippen LogP contribution in [0.2, 0.25) is 0 Å². The van der Waals surface area contributed by atoms with Crippen LogP contribution in [0, 0.1) is 6.92 Å². The van der Waals surface area contributed by atoms with Crippen LogP contribution in [-0.4, -0.2) is 52.8 Å². The second kappa shape index (κ2) is 6.12. The molecule has 0 amide bonds. The molecule has 0 aliphatic rings. The van der Waals surface area contributed by atoms with Crippen LogP contribution in [-0.2, 0) is 0 Å². The number of carboxylic acids is 2. The van der Waals surface area contributed by atoms with Crippen molar-refractivity contribution in [2.75, 3.05) is 0 Å². The zero-order chi connectivity index (χ0) is 19.9. The molecule has 11 heteroatoms. The molecule has 0 saturated carbocycles. The van der Waals surface area contributed by atoms with Gasteiger partial charge in [0.2, 0.25) is 23.0 Å². The smallest absolute Gasteiger partial charge is 0.343 e. The lowest BCUT2D eigenvalue weighted by Crippen LogP contribution is -2.03. The molecular weight excluding hydrogens is 356 g/mol. The molecule has 0 radical (unpaired) electrons. The van der Waals surface area contributed by atoms with Crippen molar-refractivity contribution in [3.8, 4) is 46.0 Å². The zero-order valence-corrected chi connectivity index (χ0v) is 12.9. The van der Waals surface area contributed by atoms with Crippen LogP contribution >= 0.6 is 0 Å². The third kappa shape index (κ3) is 2.66. The highest BCUT2D eigenvalue weighted by Crippen LogP contribution is 2.54. The highest BCUT2D eigenvalue weighted by molar-refractivity contribution is 5.98. The molecule has 138 valence electrons. The van der Waals surface area contributed by atoms with Gasteiger partial charge < -0.3 is 45.6 Å². The molecule has 2 rings (SSSR count). The fraction of sp³-hybridized carbons (Fsp3) is 0.0667. The van der Waals surface area contributed by atoms with E-state index in [1.54, 1.807) is 0 Å². The minimum Gasteiger partial charge on any atom is -0.504 e. The van der Waals surface area contributed by atoms with Gasteiger partial charge in [0, 0.05) is 0 Å². The quantitative estimate of drug-likeness (QED) is 0.286. The summed E-state index contributed by atoms with van der Waals surface area (Å²) in [5, 5.41) is 76.7. The SMILES string of the molecule is Cc1cc(O)c(Oc2c(O)c(O)c(O)c(C(=O)O)c2O)c(O)c1C(=O)O. The number of hydrogen-bond acceptors (Lipinski definition) is 9. The Balaban J connectivity index is 2.77. The first kappa shape index (κ1) is 18.3. The minimum absolute atomic E-state index is 0.0481. The molecule has 26 heavy (non-hydrogen) atoms. The molecule has 11 nitrogen and oxygen atoms in total. The number of phenols is 6. The largest absolute Gasteiger partial charge is 0.504 e. The number of aryl methyl sites for hydroxylation is 1. The van der Waals surface area contributed by atoms with Gasteiger partial charge in [-0.25, -0.2) is 9.59 Å². The van der Waals surface area contributed by atoms with Gasteiger partial charge in [-0.1, -0.05) is 0 Å². The number of carbonyl (C=O) groups is 2. The molecule has 0 aromatic heterocycles. The van der Waals surface area contributed by atoms with Crippen LogP contribution in [0.5, 0.6) is 46.0 Å². The van der Waals surface area contributed by atoms with Crippen molar-refractivity contribution in [1.29, 1.82) is 0 Å². The van der Waals surface area contributed by atoms with Crippen molar-refractivity contribution in [2.45, 2.75) is 6.92 Å². The van der Waals surface area contributed by atoms with Crippen LogP contribution in [0.3, 0.4) is 0 Å². The Labute approximate surface area is 143 Å².